The number of hydrogen-bond donors (Lipinski definition) is 0. The smallest absolute Gasteiger partial charge is 0.131 e. The molecule has 1 aliphatic carbocycles. The van der Waals surface area contributed by atoms with Crippen LogP contribution in [0.25, 0.3) is 0 Å². The summed E-state index contributed by atoms with van der Waals surface area (Å²) in [6, 6.07) is 0. The summed E-state index contributed by atoms with van der Waals surface area (Å²) in [6.07, 6.45) is 8.18. The van der Waals surface area contributed by atoms with Gasteiger partial charge in [-0.15, -0.1) is 0 Å². The Bertz CT molecular complexity index is 130. The second-order valence-corrected chi connectivity index (χ2v) is 4.82. The van der Waals surface area contributed by atoms with E-state index >= 15 is 0 Å². The molecular formula is C11H21ClO. The van der Waals surface area contributed by atoms with E-state index < -0.39 is 0 Å². The van der Waals surface area contributed by atoms with Crippen molar-refractivity contribution in [3.05, 3.63) is 0 Å². The minimum absolute atomic E-state index is 0.0666. The highest BCUT2D eigenvalue weighted by Gasteiger charge is 2.18. The summed E-state index contributed by atoms with van der Waals surface area (Å²) in [5.74, 6) is 0.815. The minimum atomic E-state index is -0.0666. The lowest BCUT2D eigenvalue weighted by Gasteiger charge is -2.24. The fraction of sp³-hybridized carbons (Fsp3) is 1.00. The quantitative estimate of drug-likeness (QED) is 0.631. The van der Waals surface area contributed by atoms with Gasteiger partial charge in [0.2, 0.25) is 0 Å². The Kier molecular flexibility index (Phi) is 5.12. The van der Waals surface area contributed by atoms with E-state index in [4.69, 9.17) is 16.3 Å². The van der Waals surface area contributed by atoms with Crippen molar-refractivity contribution in [3.63, 3.8) is 0 Å². The zero-order valence-electron chi connectivity index (χ0n) is 8.76. The summed E-state index contributed by atoms with van der Waals surface area (Å²) in [5.41, 5.74) is -0.0666. The van der Waals surface area contributed by atoms with E-state index in [1.807, 2.05) is 13.8 Å². The lowest BCUT2D eigenvalue weighted by atomic mass is 9.87. The molecule has 1 unspecified atom stereocenters. The molecule has 0 aromatic heterocycles. The van der Waals surface area contributed by atoms with Crippen molar-refractivity contribution in [2.75, 3.05) is 0 Å². The summed E-state index contributed by atoms with van der Waals surface area (Å²) < 4.78 is 5.52. The Labute approximate surface area is 86.8 Å². The lowest BCUT2D eigenvalue weighted by Crippen LogP contribution is -2.17. The maximum atomic E-state index is 6.09. The summed E-state index contributed by atoms with van der Waals surface area (Å²) in [6.45, 7) is 4.08. The molecule has 1 nitrogen and oxygen atoms in total. The van der Waals surface area contributed by atoms with Crippen molar-refractivity contribution in [2.24, 2.45) is 5.92 Å². The highest BCUT2D eigenvalue weighted by Crippen LogP contribution is 2.29. The van der Waals surface area contributed by atoms with Crippen LogP contribution in [0.4, 0.5) is 0 Å². The third kappa shape index (κ3) is 4.87. The van der Waals surface area contributed by atoms with Gasteiger partial charge in [-0.25, -0.2) is 0 Å². The van der Waals surface area contributed by atoms with Gasteiger partial charge in [0.1, 0.15) is 5.56 Å². The van der Waals surface area contributed by atoms with Gasteiger partial charge >= 0.3 is 0 Å². The normalized spacial score (nSPS) is 22.2. The van der Waals surface area contributed by atoms with Gasteiger partial charge in [-0.3, -0.25) is 0 Å². The van der Waals surface area contributed by atoms with Crippen LogP contribution in [0.15, 0.2) is 0 Å². The standard InChI is InChI=1S/C11H21ClO/c1-9(2)13-11(12)8-10-6-4-3-5-7-10/h9-11H,3-8H2,1-2H3. The fourth-order valence-electron chi connectivity index (χ4n) is 2.04. The van der Waals surface area contributed by atoms with Gasteiger partial charge in [0.15, 0.2) is 0 Å². The van der Waals surface area contributed by atoms with Gasteiger partial charge in [-0.1, -0.05) is 43.7 Å². The molecule has 0 radical (unpaired) electrons. The van der Waals surface area contributed by atoms with E-state index in [-0.39, 0.29) is 11.7 Å². The van der Waals surface area contributed by atoms with Gasteiger partial charge < -0.3 is 4.74 Å². The lowest BCUT2D eigenvalue weighted by molar-refractivity contribution is 0.0384. The molecule has 1 aliphatic rings. The van der Waals surface area contributed by atoms with E-state index in [0.717, 1.165) is 12.3 Å². The first kappa shape index (κ1) is 11.3. The molecule has 0 N–H and O–H groups in total. The van der Waals surface area contributed by atoms with Crippen molar-refractivity contribution in [1.29, 1.82) is 0 Å². The molecule has 0 aromatic carbocycles. The zero-order chi connectivity index (χ0) is 9.68. The number of rotatable bonds is 4. The highest BCUT2D eigenvalue weighted by molar-refractivity contribution is 6.19. The molecule has 0 aliphatic heterocycles. The predicted molar refractivity (Wildman–Crippen MR) is 57.1 cm³/mol. The molecule has 0 heterocycles. The summed E-state index contributed by atoms with van der Waals surface area (Å²) in [5, 5.41) is 0. The Morgan fingerprint density at radius 3 is 2.38 bits per heavy atom. The van der Waals surface area contributed by atoms with E-state index in [1.165, 1.54) is 32.1 Å². The highest BCUT2D eigenvalue weighted by atomic mass is 35.5. The first-order valence-electron chi connectivity index (χ1n) is 5.48. The summed E-state index contributed by atoms with van der Waals surface area (Å²) in [4.78, 5) is 0. The third-order valence-corrected chi connectivity index (χ3v) is 2.94. The molecule has 0 spiro atoms. The Hall–Kier alpha value is 0.250. The fourth-order valence-corrected chi connectivity index (χ4v) is 2.49. The molecule has 1 rings (SSSR count). The van der Waals surface area contributed by atoms with Crippen LogP contribution in [0.5, 0.6) is 0 Å². The van der Waals surface area contributed by atoms with Crippen molar-refractivity contribution < 1.29 is 4.74 Å². The maximum Gasteiger partial charge on any atom is 0.131 e. The van der Waals surface area contributed by atoms with Crippen LogP contribution in [0.2, 0.25) is 0 Å². The third-order valence-electron chi connectivity index (χ3n) is 2.66. The molecule has 1 fully saturated rings. The topological polar surface area (TPSA) is 9.23 Å². The molecule has 0 saturated heterocycles. The van der Waals surface area contributed by atoms with Crippen LogP contribution in [0.1, 0.15) is 52.4 Å². The molecule has 78 valence electrons. The molecular weight excluding hydrogens is 184 g/mol. The number of alkyl halides is 1. The zero-order valence-corrected chi connectivity index (χ0v) is 9.52. The number of ether oxygens (including phenoxy) is 1. The van der Waals surface area contributed by atoms with Gasteiger partial charge in [0.05, 0.1) is 6.10 Å². The van der Waals surface area contributed by atoms with E-state index in [9.17, 15) is 0 Å². The Morgan fingerprint density at radius 1 is 1.23 bits per heavy atom. The second-order valence-electron chi connectivity index (χ2n) is 4.33. The monoisotopic (exact) mass is 204 g/mol. The summed E-state index contributed by atoms with van der Waals surface area (Å²) >= 11 is 6.09. The van der Waals surface area contributed by atoms with Gasteiger partial charge in [0, 0.05) is 0 Å². The summed E-state index contributed by atoms with van der Waals surface area (Å²) in [7, 11) is 0. The molecule has 1 saturated carbocycles. The molecule has 0 amide bonds. The first-order valence-corrected chi connectivity index (χ1v) is 5.91. The van der Waals surface area contributed by atoms with Gasteiger partial charge in [-0.2, -0.15) is 0 Å². The van der Waals surface area contributed by atoms with Crippen molar-refractivity contribution >= 4 is 11.6 Å². The van der Waals surface area contributed by atoms with E-state index in [1.54, 1.807) is 0 Å². The number of hydrogen-bond acceptors (Lipinski definition) is 1. The Morgan fingerprint density at radius 2 is 1.85 bits per heavy atom. The van der Waals surface area contributed by atoms with Crippen molar-refractivity contribution in [3.8, 4) is 0 Å². The van der Waals surface area contributed by atoms with Crippen LogP contribution in [0, 0.1) is 5.92 Å². The van der Waals surface area contributed by atoms with Crippen LogP contribution in [-0.4, -0.2) is 11.7 Å². The molecule has 1 atom stereocenters. The molecule has 2 heteroatoms. The number of halogens is 1. The van der Waals surface area contributed by atoms with E-state index in [2.05, 4.69) is 0 Å². The molecule has 0 aromatic rings. The average molecular weight is 205 g/mol. The van der Waals surface area contributed by atoms with E-state index in [0.29, 0.717) is 0 Å². The van der Waals surface area contributed by atoms with Crippen molar-refractivity contribution in [2.45, 2.75) is 64.0 Å². The first-order chi connectivity index (χ1) is 6.18. The molecule has 13 heavy (non-hydrogen) atoms. The van der Waals surface area contributed by atoms with Gasteiger partial charge in [0.25, 0.3) is 0 Å². The van der Waals surface area contributed by atoms with Crippen LogP contribution < -0.4 is 0 Å². The predicted octanol–water partition coefficient (Wildman–Crippen LogP) is 3.95. The van der Waals surface area contributed by atoms with Crippen LogP contribution in [-0.2, 0) is 4.74 Å². The van der Waals surface area contributed by atoms with Crippen LogP contribution >= 0.6 is 11.6 Å². The van der Waals surface area contributed by atoms with Crippen molar-refractivity contribution in [1.82, 2.24) is 0 Å². The Balaban J connectivity index is 2.14. The molecule has 0 bridgehead atoms. The second kappa shape index (κ2) is 5.87. The average Bonchev–Trinajstić information content (AvgIpc) is 2.04. The SMILES string of the molecule is CC(C)OC(Cl)CC1CCCCC1. The van der Waals surface area contributed by atoms with Crippen LogP contribution in [0.3, 0.4) is 0 Å². The maximum absolute atomic E-state index is 6.09. The largest absolute Gasteiger partial charge is 0.360 e. The minimum Gasteiger partial charge on any atom is -0.360 e. The van der Waals surface area contributed by atoms with Gasteiger partial charge in [-0.05, 0) is 26.2 Å².